The lowest BCUT2D eigenvalue weighted by Crippen LogP contribution is -2.25. The molecule has 0 radical (unpaired) electrons. The van der Waals surface area contributed by atoms with Gasteiger partial charge < -0.3 is 5.32 Å². The zero-order valence-electron chi connectivity index (χ0n) is 10.3. The minimum atomic E-state index is 0.0832. The fourth-order valence-corrected chi connectivity index (χ4v) is 2.45. The van der Waals surface area contributed by atoms with E-state index in [4.69, 9.17) is 0 Å². The molecular formula is C11H17N5S. The highest BCUT2D eigenvalue weighted by Crippen LogP contribution is 2.22. The maximum Gasteiger partial charge on any atom is 0.0947 e. The largest absolute Gasteiger partial charge is 0.304 e. The van der Waals surface area contributed by atoms with E-state index in [1.54, 1.807) is 11.3 Å². The second-order valence-electron chi connectivity index (χ2n) is 3.76. The van der Waals surface area contributed by atoms with Gasteiger partial charge in [0.15, 0.2) is 0 Å². The van der Waals surface area contributed by atoms with Gasteiger partial charge >= 0.3 is 0 Å². The molecule has 92 valence electrons. The lowest BCUT2D eigenvalue weighted by molar-refractivity contribution is 0.529. The molecule has 1 N–H and O–H groups in total. The Kier molecular flexibility index (Phi) is 3.86. The van der Waals surface area contributed by atoms with Crippen LogP contribution in [0.4, 0.5) is 0 Å². The topological polar surface area (TPSA) is 55.6 Å². The van der Waals surface area contributed by atoms with Gasteiger partial charge in [0.05, 0.1) is 28.6 Å². The minimum absolute atomic E-state index is 0.0832. The van der Waals surface area contributed by atoms with Crippen LogP contribution in [0.3, 0.4) is 0 Å². The van der Waals surface area contributed by atoms with Crippen molar-refractivity contribution in [3.63, 3.8) is 0 Å². The molecule has 0 saturated carbocycles. The van der Waals surface area contributed by atoms with Crippen LogP contribution in [-0.4, -0.2) is 26.5 Å². The quantitative estimate of drug-likeness (QED) is 0.880. The highest BCUT2D eigenvalue weighted by Gasteiger charge is 2.20. The molecule has 0 amide bonds. The van der Waals surface area contributed by atoms with E-state index in [0.29, 0.717) is 0 Å². The van der Waals surface area contributed by atoms with Gasteiger partial charge in [0.1, 0.15) is 0 Å². The van der Waals surface area contributed by atoms with Crippen LogP contribution in [0.5, 0.6) is 0 Å². The molecule has 0 aromatic carbocycles. The number of thiazole rings is 1. The van der Waals surface area contributed by atoms with Gasteiger partial charge in [0.25, 0.3) is 0 Å². The molecule has 0 aliphatic heterocycles. The van der Waals surface area contributed by atoms with Crippen molar-refractivity contribution in [3.05, 3.63) is 28.0 Å². The summed E-state index contributed by atoms with van der Waals surface area (Å²) in [6, 6.07) is 0.0832. The number of aromatic nitrogens is 4. The second kappa shape index (κ2) is 5.37. The van der Waals surface area contributed by atoms with E-state index in [0.717, 1.165) is 29.5 Å². The molecule has 2 aromatic rings. The van der Waals surface area contributed by atoms with Crippen LogP contribution in [0.25, 0.3) is 0 Å². The SMILES string of the molecule is CCNC(c1csc(C)n1)c1cnnn1CC. The van der Waals surface area contributed by atoms with Crippen molar-refractivity contribution >= 4 is 11.3 Å². The Morgan fingerprint density at radius 3 is 2.88 bits per heavy atom. The van der Waals surface area contributed by atoms with Gasteiger partial charge in [-0.1, -0.05) is 12.1 Å². The number of hydrogen-bond acceptors (Lipinski definition) is 5. The number of nitrogens with one attached hydrogen (secondary N) is 1. The molecule has 5 nitrogen and oxygen atoms in total. The molecule has 0 bridgehead atoms. The van der Waals surface area contributed by atoms with Crippen molar-refractivity contribution in [2.75, 3.05) is 6.54 Å². The van der Waals surface area contributed by atoms with E-state index < -0.39 is 0 Å². The Labute approximate surface area is 105 Å². The van der Waals surface area contributed by atoms with Crippen molar-refractivity contribution in [2.24, 2.45) is 0 Å². The number of aryl methyl sites for hydroxylation is 2. The Morgan fingerprint density at radius 2 is 2.29 bits per heavy atom. The molecule has 0 spiro atoms. The zero-order chi connectivity index (χ0) is 12.3. The Balaban J connectivity index is 2.35. The van der Waals surface area contributed by atoms with E-state index in [2.05, 4.69) is 39.8 Å². The van der Waals surface area contributed by atoms with Crippen molar-refractivity contribution in [1.82, 2.24) is 25.3 Å². The number of nitrogens with zero attached hydrogens (tertiary/aromatic N) is 4. The maximum atomic E-state index is 4.55. The Bertz CT molecular complexity index is 476. The first-order valence-corrected chi connectivity index (χ1v) is 6.68. The summed E-state index contributed by atoms with van der Waals surface area (Å²) >= 11 is 1.67. The second-order valence-corrected chi connectivity index (χ2v) is 4.82. The lowest BCUT2D eigenvalue weighted by Gasteiger charge is -2.16. The predicted molar refractivity (Wildman–Crippen MR) is 68.1 cm³/mol. The minimum Gasteiger partial charge on any atom is -0.304 e. The highest BCUT2D eigenvalue weighted by atomic mass is 32.1. The van der Waals surface area contributed by atoms with Crippen molar-refractivity contribution in [3.8, 4) is 0 Å². The first kappa shape index (κ1) is 12.2. The average molecular weight is 251 g/mol. The lowest BCUT2D eigenvalue weighted by atomic mass is 10.1. The average Bonchev–Trinajstić information content (AvgIpc) is 2.94. The summed E-state index contributed by atoms with van der Waals surface area (Å²) in [6.07, 6.45) is 1.81. The zero-order valence-corrected chi connectivity index (χ0v) is 11.2. The van der Waals surface area contributed by atoms with E-state index in [9.17, 15) is 0 Å². The third-order valence-corrected chi connectivity index (χ3v) is 3.38. The summed E-state index contributed by atoms with van der Waals surface area (Å²) in [5.41, 5.74) is 2.12. The Morgan fingerprint density at radius 1 is 1.47 bits per heavy atom. The molecule has 1 unspecified atom stereocenters. The third kappa shape index (κ3) is 2.53. The van der Waals surface area contributed by atoms with Crippen molar-refractivity contribution in [2.45, 2.75) is 33.4 Å². The first-order chi connectivity index (χ1) is 8.26. The van der Waals surface area contributed by atoms with E-state index in [-0.39, 0.29) is 6.04 Å². The van der Waals surface area contributed by atoms with Crippen molar-refractivity contribution < 1.29 is 0 Å². The summed E-state index contributed by atoms with van der Waals surface area (Å²) in [5.74, 6) is 0. The van der Waals surface area contributed by atoms with Crippen LogP contribution >= 0.6 is 11.3 Å². The summed E-state index contributed by atoms with van der Waals surface area (Å²) in [4.78, 5) is 4.55. The van der Waals surface area contributed by atoms with Gasteiger partial charge in [-0.15, -0.1) is 16.4 Å². The van der Waals surface area contributed by atoms with Crippen LogP contribution in [0.1, 0.15) is 36.3 Å². The van der Waals surface area contributed by atoms with Gasteiger partial charge in [-0.2, -0.15) is 0 Å². The smallest absolute Gasteiger partial charge is 0.0947 e. The molecule has 2 rings (SSSR count). The van der Waals surface area contributed by atoms with Gasteiger partial charge in [-0.3, -0.25) is 0 Å². The monoisotopic (exact) mass is 251 g/mol. The molecule has 0 fully saturated rings. The molecule has 2 aromatic heterocycles. The number of hydrogen-bond donors (Lipinski definition) is 1. The summed E-state index contributed by atoms with van der Waals surface area (Å²) in [6.45, 7) is 7.88. The third-order valence-electron chi connectivity index (χ3n) is 2.58. The van der Waals surface area contributed by atoms with Crippen molar-refractivity contribution in [1.29, 1.82) is 0 Å². The molecule has 2 heterocycles. The maximum absolute atomic E-state index is 4.55. The molecule has 0 aliphatic carbocycles. The van der Waals surface area contributed by atoms with Crippen LogP contribution in [-0.2, 0) is 6.54 Å². The van der Waals surface area contributed by atoms with Gasteiger partial charge in [-0.05, 0) is 20.4 Å². The normalized spacial score (nSPS) is 12.9. The molecule has 0 saturated heterocycles. The summed E-state index contributed by atoms with van der Waals surface area (Å²) in [7, 11) is 0. The summed E-state index contributed by atoms with van der Waals surface area (Å²) < 4.78 is 1.90. The van der Waals surface area contributed by atoms with E-state index >= 15 is 0 Å². The van der Waals surface area contributed by atoms with Crippen LogP contribution < -0.4 is 5.32 Å². The fourth-order valence-electron chi connectivity index (χ4n) is 1.81. The molecule has 1 atom stereocenters. The van der Waals surface area contributed by atoms with Gasteiger partial charge in [0.2, 0.25) is 0 Å². The molecule has 17 heavy (non-hydrogen) atoms. The standard InChI is InChI=1S/C11H17N5S/c1-4-12-11(9-7-17-8(3)14-9)10-6-13-15-16(10)5-2/h6-7,11-12H,4-5H2,1-3H3. The molecular weight excluding hydrogens is 234 g/mol. The van der Waals surface area contributed by atoms with Crippen LogP contribution in [0.15, 0.2) is 11.6 Å². The van der Waals surface area contributed by atoms with Crippen LogP contribution in [0, 0.1) is 6.92 Å². The predicted octanol–water partition coefficient (Wildman–Crippen LogP) is 1.76. The summed E-state index contributed by atoms with van der Waals surface area (Å²) in [5, 5.41) is 14.7. The highest BCUT2D eigenvalue weighted by molar-refractivity contribution is 7.09. The van der Waals surface area contributed by atoms with Crippen LogP contribution in [0.2, 0.25) is 0 Å². The Hall–Kier alpha value is -1.27. The fraction of sp³-hybridized carbons (Fsp3) is 0.545. The van der Waals surface area contributed by atoms with Gasteiger partial charge in [0, 0.05) is 11.9 Å². The number of rotatable bonds is 5. The van der Waals surface area contributed by atoms with Gasteiger partial charge in [-0.25, -0.2) is 9.67 Å². The first-order valence-electron chi connectivity index (χ1n) is 5.80. The van der Waals surface area contributed by atoms with E-state index in [1.165, 1.54) is 0 Å². The molecule has 0 aliphatic rings. The molecule has 6 heteroatoms. The van der Waals surface area contributed by atoms with E-state index in [1.807, 2.05) is 17.8 Å².